The first-order valence-electron chi connectivity index (χ1n) is 10.7. The minimum Gasteiger partial charge on any atom is -0.497 e. The van der Waals surface area contributed by atoms with Crippen LogP contribution in [0.3, 0.4) is 0 Å². The maximum absolute atomic E-state index is 13.0. The number of nitrogens with one attached hydrogen (secondary N) is 2. The Labute approximate surface area is 220 Å². The standard InChI is InChI=1S/C24H21ClN6O5S/c1-35-16-10-17(21(25)19(11-16)36-2)18-9-14-12-27-24(37-3)28-23(14)30(22(18)26)29-20(32)8-13-4-6-15(7-5-13)31(33)34/h4-7,9-12,26H,8H2,1-3H3,(H,29,32). The van der Waals surface area contributed by atoms with Crippen LogP contribution in [-0.2, 0) is 11.2 Å². The first-order chi connectivity index (χ1) is 17.7. The fourth-order valence-corrected chi connectivity index (χ4v) is 4.25. The van der Waals surface area contributed by atoms with E-state index in [0.29, 0.717) is 44.4 Å². The number of pyridine rings is 1. The summed E-state index contributed by atoms with van der Waals surface area (Å²) >= 11 is 7.92. The number of carbonyl (C=O) groups is 1. The summed E-state index contributed by atoms with van der Waals surface area (Å²) < 4.78 is 12.0. The molecule has 37 heavy (non-hydrogen) atoms. The smallest absolute Gasteiger partial charge is 0.269 e. The van der Waals surface area contributed by atoms with Crippen LogP contribution < -0.4 is 20.4 Å². The average Bonchev–Trinajstić information content (AvgIpc) is 2.90. The fraction of sp³-hybridized carbons (Fsp3) is 0.167. The molecule has 13 heteroatoms. The molecule has 0 saturated heterocycles. The second-order valence-corrected chi connectivity index (χ2v) is 8.86. The number of carbonyl (C=O) groups excluding carboxylic acids is 1. The van der Waals surface area contributed by atoms with Gasteiger partial charge in [0.2, 0.25) is 5.91 Å². The molecule has 0 spiro atoms. The van der Waals surface area contributed by atoms with Crippen LogP contribution in [-0.4, -0.2) is 45.9 Å². The molecule has 2 aromatic heterocycles. The number of hydrogen-bond donors (Lipinski definition) is 2. The van der Waals surface area contributed by atoms with Crippen LogP contribution in [0.5, 0.6) is 11.5 Å². The number of nitro benzene ring substituents is 1. The Morgan fingerprint density at radius 2 is 1.92 bits per heavy atom. The molecular formula is C24H21ClN6O5S. The van der Waals surface area contributed by atoms with Crippen LogP contribution in [0.1, 0.15) is 5.56 Å². The highest BCUT2D eigenvalue weighted by Gasteiger charge is 2.19. The number of methoxy groups -OCH3 is 2. The number of aromatic nitrogens is 3. The number of thioether (sulfide) groups is 1. The molecule has 4 aromatic rings. The third-order valence-electron chi connectivity index (χ3n) is 5.45. The lowest BCUT2D eigenvalue weighted by atomic mass is 10.0. The molecule has 0 aliphatic carbocycles. The topological polar surface area (TPSA) is 145 Å². The van der Waals surface area contributed by atoms with Gasteiger partial charge in [-0.3, -0.25) is 25.7 Å². The van der Waals surface area contributed by atoms with Gasteiger partial charge in [0.15, 0.2) is 16.3 Å². The number of nitrogens with zero attached hydrogens (tertiary/aromatic N) is 4. The minimum atomic E-state index is -0.508. The van der Waals surface area contributed by atoms with Crippen molar-refractivity contribution >= 4 is 46.0 Å². The Balaban J connectivity index is 1.83. The molecule has 0 unspecified atom stereocenters. The van der Waals surface area contributed by atoms with Gasteiger partial charge in [-0.05, 0) is 24.0 Å². The maximum Gasteiger partial charge on any atom is 0.269 e. The summed E-state index contributed by atoms with van der Waals surface area (Å²) in [4.78, 5) is 32.2. The van der Waals surface area contributed by atoms with Gasteiger partial charge in [0, 0.05) is 40.9 Å². The van der Waals surface area contributed by atoms with Crippen LogP contribution in [0, 0.1) is 15.5 Å². The summed E-state index contributed by atoms with van der Waals surface area (Å²) in [6, 6.07) is 10.7. The molecule has 11 nitrogen and oxygen atoms in total. The van der Waals surface area contributed by atoms with Crippen molar-refractivity contribution in [1.29, 1.82) is 5.41 Å². The lowest BCUT2D eigenvalue weighted by Gasteiger charge is -2.17. The summed E-state index contributed by atoms with van der Waals surface area (Å²) in [6.07, 6.45) is 3.34. The van der Waals surface area contributed by atoms with E-state index in [1.165, 1.54) is 54.9 Å². The molecule has 0 aliphatic rings. The van der Waals surface area contributed by atoms with Crippen molar-refractivity contribution in [3.05, 3.63) is 74.8 Å². The number of ether oxygens (including phenoxy) is 2. The summed E-state index contributed by atoms with van der Waals surface area (Å²) in [7, 11) is 2.98. The number of fused-ring (bicyclic) bond motifs is 1. The molecule has 190 valence electrons. The van der Waals surface area contributed by atoms with Crippen molar-refractivity contribution in [2.75, 3.05) is 25.9 Å². The first-order valence-corrected chi connectivity index (χ1v) is 12.3. The number of nitro groups is 1. The zero-order chi connectivity index (χ0) is 26.7. The van der Waals surface area contributed by atoms with Crippen LogP contribution in [0.4, 0.5) is 5.69 Å². The van der Waals surface area contributed by atoms with E-state index in [1.54, 1.807) is 24.4 Å². The molecule has 0 saturated carbocycles. The van der Waals surface area contributed by atoms with Gasteiger partial charge in [-0.15, -0.1) is 0 Å². The lowest BCUT2D eigenvalue weighted by molar-refractivity contribution is -0.384. The van der Waals surface area contributed by atoms with Gasteiger partial charge in [-0.2, -0.15) is 0 Å². The number of non-ortho nitro benzene ring substituents is 1. The van der Waals surface area contributed by atoms with Gasteiger partial charge >= 0.3 is 0 Å². The number of benzene rings is 2. The Kier molecular flexibility index (Phi) is 7.60. The van der Waals surface area contributed by atoms with E-state index < -0.39 is 10.8 Å². The average molecular weight is 541 g/mol. The highest BCUT2D eigenvalue weighted by molar-refractivity contribution is 7.98. The van der Waals surface area contributed by atoms with Crippen LogP contribution >= 0.6 is 23.4 Å². The van der Waals surface area contributed by atoms with Crippen molar-refractivity contribution < 1.29 is 19.2 Å². The molecule has 2 N–H and O–H groups in total. The number of rotatable bonds is 8. The quantitative estimate of drug-likeness (QED) is 0.146. The van der Waals surface area contributed by atoms with Crippen LogP contribution in [0.2, 0.25) is 5.02 Å². The Morgan fingerprint density at radius 3 is 2.54 bits per heavy atom. The first kappa shape index (κ1) is 25.9. The van der Waals surface area contributed by atoms with Gasteiger partial charge in [0.25, 0.3) is 5.69 Å². The molecule has 2 heterocycles. The molecule has 2 aromatic carbocycles. The Bertz CT molecular complexity index is 1580. The van der Waals surface area contributed by atoms with Crippen molar-refractivity contribution in [2.24, 2.45) is 0 Å². The lowest BCUT2D eigenvalue weighted by Crippen LogP contribution is -2.35. The van der Waals surface area contributed by atoms with Gasteiger partial charge in [-0.1, -0.05) is 35.5 Å². The van der Waals surface area contributed by atoms with Gasteiger partial charge < -0.3 is 9.47 Å². The van der Waals surface area contributed by atoms with Crippen LogP contribution in [0.25, 0.3) is 22.2 Å². The van der Waals surface area contributed by atoms with E-state index in [4.69, 9.17) is 26.5 Å². The molecule has 0 bridgehead atoms. The highest BCUT2D eigenvalue weighted by Crippen LogP contribution is 2.38. The monoisotopic (exact) mass is 540 g/mol. The third-order valence-corrected chi connectivity index (χ3v) is 6.41. The van der Waals surface area contributed by atoms with Gasteiger partial charge in [-0.25, -0.2) is 14.6 Å². The fourth-order valence-electron chi connectivity index (χ4n) is 3.63. The summed E-state index contributed by atoms with van der Waals surface area (Å²) in [5.41, 5.74) is 4.28. The largest absolute Gasteiger partial charge is 0.497 e. The van der Waals surface area contributed by atoms with Gasteiger partial charge in [0.05, 0.1) is 30.6 Å². The highest BCUT2D eigenvalue weighted by atomic mass is 35.5. The third kappa shape index (κ3) is 5.34. The van der Waals surface area contributed by atoms with E-state index in [9.17, 15) is 14.9 Å². The zero-order valence-corrected chi connectivity index (χ0v) is 21.5. The van der Waals surface area contributed by atoms with Crippen molar-refractivity contribution in [3.8, 4) is 22.6 Å². The second-order valence-electron chi connectivity index (χ2n) is 7.70. The van der Waals surface area contributed by atoms with E-state index >= 15 is 0 Å². The molecule has 0 atom stereocenters. The van der Waals surface area contributed by atoms with E-state index in [2.05, 4.69) is 15.4 Å². The van der Waals surface area contributed by atoms with Crippen LogP contribution in [0.15, 0.2) is 53.8 Å². The Morgan fingerprint density at radius 1 is 1.19 bits per heavy atom. The number of hydrogen-bond acceptors (Lipinski definition) is 9. The normalized spacial score (nSPS) is 10.8. The molecular weight excluding hydrogens is 520 g/mol. The van der Waals surface area contributed by atoms with Gasteiger partial charge in [0.1, 0.15) is 11.5 Å². The summed E-state index contributed by atoms with van der Waals surface area (Å²) in [5.74, 6) is 0.376. The SMILES string of the molecule is COc1cc(OC)c(Cl)c(-c2cc3cnc(SC)nc3n(NC(=O)Cc3ccc([N+](=O)[O-])cc3)c2=N)c1. The van der Waals surface area contributed by atoms with E-state index in [0.717, 1.165) is 0 Å². The van der Waals surface area contributed by atoms with Crippen molar-refractivity contribution in [3.63, 3.8) is 0 Å². The Hall–Kier alpha value is -4.16. The predicted molar refractivity (Wildman–Crippen MR) is 140 cm³/mol. The molecule has 0 fully saturated rings. The summed E-state index contributed by atoms with van der Waals surface area (Å²) in [5, 5.41) is 21.1. The molecule has 0 radical (unpaired) electrons. The maximum atomic E-state index is 13.0. The summed E-state index contributed by atoms with van der Waals surface area (Å²) in [6.45, 7) is 0. The number of halogens is 1. The molecule has 4 rings (SSSR count). The van der Waals surface area contributed by atoms with Crippen molar-refractivity contribution in [1.82, 2.24) is 14.6 Å². The van der Waals surface area contributed by atoms with E-state index in [1.807, 2.05) is 6.26 Å². The van der Waals surface area contributed by atoms with Crippen molar-refractivity contribution in [2.45, 2.75) is 11.6 Å². The molecule has 1 amide bonds. The molecule has 0 aliphatic heterocycles. The zero-order valence-electron chi connectivity index (χ0n) is 19.9. The number of amides is 1. The van der Waals surface area contributed by atoms with E-state index in [-0.39, 0.29) is 22.6 Å². The second kappa shape index (κ2) is 10.8. The minimum absolute atomic E-state index is 0.0717. The predicted octanol–water partition coefficient (Wildman–Crippen LogP) is 4.19.